The third-order valence-electron chi connectivity index (χ3n) is 3.40. The Labute approximate surface area is 136 Å². The van der Waals surface area contributed by atoms with Gasteiger partial charge in [-0.05, 0) is 35.7 Å². The van der Waals surface area contributed by atoms with Gasteiger partial charge in [0, 0.05) is 21.3 Å². The van der Waals surface area contributed by atoms with Crippen LogP contribution in [0.3, 0.4) is 0 Å². The van der Waals surface area contributed by atoms with E-state index in [-0.39, 0.29) is 6.04 Å². The van der Waals surface area contributed by atoms with Gasteiger partial charge in [0.25, 0.3) is 0 Å². The van der Waals surface area contributed by atoms with E-state index in [2.05, 4.69) is 40.3 Å². The van der Waals surface area contributed by atoms with E-state index in [1.54, 1.807) is 11.3 Å². The molecule has 1 aromatic carbocycles. The van der Waals surface area contributed by atoms with Crippen LogP contribution in [0.15, 0.2) is 28.1 Å². The lowest BCUT2D eigenvalue weighted by atomic mass is 10.0. The van der Waals surface area contributed by atoms with Crippen molar-refractivity contribution in [2.45, 2.75) is 19.4 Å². The van der Waals surface area contributed by atoms with Crippen LogP contribution < -0.4 is 10.1 Å². The highest BCUT2D eigenvalue weighted by atomic mass is 79.9. The first-order valence-corrected chi connectivity index (χ1v) is 8.67. The summed E-state index contributed by atoms with van der Waals surface area (Å²) in [7, 11) is 0. The van der Waals surface area contributed by atoms with Crippen LogP contribution in [-0.2, 0) is 6.42 Å². The van der Waals surface area contributed by atoms with Gasteiger partial charge in [0.15, 0.2) is 0 Å². The molecule has 2 nitrogen and oxygen atoms in total. The van der Waals surface area contributed by atoms with E-state index < -0.39 is 0 Å². The number of hydrogen-bond donors (Lipinski definition) is 1. The molecule has 0 saturated carbocycles. The monoisotopic (exact) mass is 371 g/mol. The zero-order valence-electron chi connectivity index (χ0n) is 11.1. The third kappa shape index (κ3) is 2.62. The first kappa shape index (κ1) is 14.4. The predicted octanol–water partition coefficient (Wildman–Crippen LogP) is 4.80. The number of hydrogen-bond acceptors (Lipinski definition) is 3. The normalized spacial score (nSPS) is 14.9. The highest BCUT2D eigenvalue weighted by Gasteiger charge is 2.26. The first-order chi connectivity index (χ1) is 9.70. The van der Waals surface area contributed by atoms with Gasteiger partial charge in [0.05, 0.1) is 17.7 Å². The molecule has 0 saturated heterocycles. The van der Waals surface area contributed by atoms with Crippen LogP contribution in [0.4, 0.5) is 0 Å². The summed E-state index contributed by atoms with van der Waals surface area (Å²) in [5.41, 5.74) is 2.43. The highest BCUT2D eigenvalue weighted by Crippen LogP contribution is 2.41. The molecule has 2 aromatic rings. The number of rotatable bonds is 4. The van der Waals surface area contributed by atoms with Crippen molar-refractivity contribution in [2.75, 3.05) is 13.2 Å². The number of ether oxygens (including phenoxy) is 1. The van der Waals surface area contributed by atoms with E-state index >= 15 is 0 Å². The Morgan fingerprint density at radius 2 is 2.35 bits per heavy atom. The van der Waals surface area contributed by atoms with Crippen molar-refractivity contribution >= 4 is 38.9 Å². The minimum Gasteiger partial charge on any atom is -0.493 e. The Morgan fingerprint density at radius 3 is 3.05 bits per heavy atom. The van der Waals surface area contributed by atoms with Gasteiger partial charge < -0.3 is 10.1 Å². The van der Waals surface area contributed by atoms with Gasteiger partial charge in [-0.2, -0.15) is 0 Å². The molecule has 3 rings (SSSR count). The van der Waals surface area contributed by atoms with Crippen molar-refractivity contribution in [3.8, 4) is 5.75 Å². The molecule has 1 aliphatic heterocycles. The number of benzene rings is 1. The summed E-state index contributed by atoms with van der Waals surface area (Å²) in [5, 5.41) is 6.37. The van der Waals surface area contributed by atoms with Gasteiger partial charge in [-0.15, -0.1) is 11.3 Å². The maximum Gasteiger partial charge on any atom is 0.127 e. The fourth-order valence-corrected chi connectivity index (χ4v) is 4.35. The molecule has 1 aromatic heterocycles. The Kier molecular flexibility index (Phi) is 4.36. The molecule has 0 bridgehead atoms. The van der Waals surface area contributed by atoms with Crippen LogP contribution in [0.25, 0.3) is 0 Å². The van der Waals surface area contributed by atoms with Crippen LogP contribution in [0, 0.1) is 0 Å². The standard InChI is InChI=1S/C15H15BrClNOS/c1-2-18-13(15-12(17)4-6-20-15)11-8-10(16)7-9-3-5-19-14(9)11/h4,6-8,13,18H,2-3,5H2,1H3. The van der Waals surface area contributed by atoms with Crippen molar-refractivity contribution in [1.29, 1.82) is 0 Å². The zero-order valence-corrected chi connectivity index (χ0v) is 14.2. The molecular formula is C15H15BrClNOS. The van der Waals surface area contributed by atoms with E-state index in [1.165, 1.54) is 5.56 Å². The molecule has 106 valence electrons. The predicted molar refractivity (Wildman–Crippen MR) is 88.2 cm³/mol. The van der Waals surface area contributed by atoms with Crippen LogP contribution in [-0.4, -0.2) is 13.2 Å². The number of halogens is 2. The summed E-state index contributed by atoms with van der Waals surface area (Å²) in [6.45, 7) is 3.74. The Balaban J connectivity index is 2.11. The summed E-state index contributed by atoms with van der Waals surface area (Å²) in [5.74, 6) is 1.02. The molecule has 1 N–H and O–H groups in total. The quantitative estimate of drug-likeness (QED) is 0.832. The summed E-state index contributed by atoms with van der Waals surface area (Å²) >= 11 is 11.6. The van der Waals surface area contributed by atoms with Crippen LogP contribution >= 0.6 is 38.9 Å². The van der Waals surface area contributed by atoms with E-state index in [1.807, 2.05) is 11.4 Å². The second kappa shape index (κ2) is 6.06. The SMILES string of the molecule is CCNC(c1cc(Br)cc2c1OCC2)c1sccc1Cl. The second-order valence-corrected chi connectivity index (χ2v) is 6.98. The summed E-state index contributed by atoms with van der Waals surface area (Å²) in [6, 6.07) is 6.31. The average molecular weight is 373 g/mol. The fourth-order valence-electron chi connectivity index (χ4n) is 2.57. The molecule has 1 unspecified atom stereocenters. The first-order valence-electron chi connectivity index (χ1n) is 6.62. The molecule has 20 heavy (non-hydrogen) atoms. The molecular weight excluding hydrogens is 358 g/mol. The van der Waals surface area contributed by atoms with Gasteiger partial charge in [-0.3, -0.25) is 0 Å². The largest absolute Gasteiger partial charge is 0.493 e. The number of thiophene rings is 1. The van der Waals surface area contributed by atoms with Gasteiger partial charge in [0.1, 0.15) is 5.75 Å². The summed E-state index contributed by atoms with van der Waals surface area (Å²) in [4.78, 5) is 1.14. The van der Waals surface area contributed by atoms with Gasteiger partial charge >= 0.3 is 0 Å². The molecule has 0 radical (unpaired) electrons. The summed E-state index contributed by atoms with van der Waals surface area (Å²) in [6.07, 6.45) is 0.971. The Morgan fingerprint density at radius 1 is 1.50 bits per heavy atom. The third-order valence-corrected chi connectivity index (χ3v) is 5.28. The highest BCUT2D eigenvalue weighted by molar-refractivity contribution is 9.10. The molecule has 5 heteroatoms. The molecule has 0 spiro atoms. The second-order valence-electron chi connectivity index (χ2n) is 4.71. The Hall–Kier alpha value is -0.550. The summed E-state index contributed by atoms with van der Waals surface area (Å²) < 4.78 is 6.94. The minimum absolute atomic E-state index is 0.0804. The van der Waals surface area contributed by atoms with Crippen LogP contribution in [0.1, 0.15) is 29.0 Å². The Bertz CT molecular complexity index is 628. The van der Waals surface area contributed by atoms with Gasteiger partial charge in [-0.1, -0.05) is 34.5 Å². The van der Waals surface area contributed by atoms with Crippen molar-refractivity contribution < 1.29 is 4.74 Å². The molecule has 0 fully saturated rings. The lowest BCUT2D eigenvalue weighted by Crippen LogP contribution is -2.22. The zero-order chi connectivity index (χ0) is 14.1. The smallest absolute Gasteiger partial charge is 0.127 e. The maximum atomic E-state index is 6.33. The molecule has 1 atom stereocenters. The van der Waals surface area contributed by atoms with Gasteiger partial charge in [-0.25, -0.2) is 0 Å². The maximum absolute atomic E-state index is 6.33. The molecule has 0 aliphatic carbocycles. The van der Waals surface area contributed by atoms with E-state index in [0.717, 1.165) is 45.3 Å². The number of fused-ring (bicyclic) bond motifs is 1. The van der Waals surface area contributed by atoms with Gasteiger partial charge in [0.2, 0.25) is 0 Å². The van der Waals surface area contributed by atoms with E-state index in [0.29, 0.717) is 0 Å². The van der Waals surface area contributed by atoms with Crippen LogP contribution in [0.2, 0.25) is 5.02 Å². The van der Waals surface area contributed by atoms with E-state index in [9.17, 15) is 0 Å². The molecule has 0 amide bonds. The van der Waals surface area contributed by atoms with Crippen molar-refractivity contribution in [3.05, 3.63) is 49.1 Å². The minimum atomic E-state index is 0.0804. The lowest BCUT2D eigenvalue weighted by molar-refractivity contribution is 0.350. The lowest BCUT2D eigenvalue weighted by Gasteiger charge is -2.20. The number of nitrogens with one attached hydrogen (secondary N) is 1. The van der Waals surface area contributed by atoms with Crippen molar-refractivity contribution in [3.63, 3.8) is 0 Å². The van der Waals surface area contributed by atoms with E-state index in [4.69, 9.17) is 16.3 Å². The molecule has 2 heterocycles. The van der Waals surface area contributed by atoms with Crippen molar-refractivity contribution in [1.82, 2.24) is 5.32 Å². The molecule has 1 aliphatic rings. The fraction of sp³-hybridized carbons (Fsp3) is 0.333. The van der Waals surface area contributed by atoms with Crippen molar-refractivity contribution in [2.24, 2.45) is 0 Å². The average Bonchev–Trinajstić information content (AvgIpc) is 3.04. The van der Waals surface area contributed by atoms with Crippen LogP contribution in [0.5, 0.6) is 5.75 Å². The topological polar surface area (TPSA) is 21.3 Å².